The molecule has 142 valence electrons. The molecule has 0 aliphatic heterocycles. The quantitative estimate of drug-likeness (QED) is 0.617. The Morgan fingerprint density at radius 2 is 1.70 bits per heavy atom. The van der Waals surface area contributed by atoms with E-state index in [-0.39, 0.29) is 18.0 Å². The Kier molecular flexibility index (Phi) is 5.92. The van der Waals surface area contributed by atoms with E-state index >= 15 is 0 Å². The van der Waals surface area contributed by atoms with Crippen LogP contribution in [-0.4, -0.2) is 27.0 Å². The van der Waals surface area contributed by atoms with Crippen LogP contribution in [0.5, 0.6) is 0 Å². The van der Waals surface area contributed by atoms with Gasteiger partial charge in [0.15, 0.2) is 0 Å². The van der Waals surface area contributed by atoms with Crippen molar-refractivity contribution < 1.29 is 4.79 Å². The van der Waals surface area contributed by atoms with E-state index in [2.05, 4.69) is 0 Å². The van der Waals surface area contributed by atoms with E-state index in [1.54, 1.807) is 33.2 Å². The molecular weight excluding hydrogens is 385 g/mol. The van der Waals surface area contributed by atoms with Crippen molar-refractivity contribution in [3.63, 3.8) is 0 Å². The highest BCUT2D eigenvalue weighted by molar-refractivity contribution is 6.42. The largest absolute Gasteiger partial charge is 0.341 e. The number of para-hydroxylation sites is 2. The number of halogens is 2. The standard InChI is InChI=1S/C20H21Cl2N3O2/c1-3-24-17-6-4-5-7-18(17)25(20(24)27)11-10-19(26)23(2)13-14-8-9-15(21)16(22)12-14/h4-9,12H,3,10-11,13H2,1-2H3. The first kappa shape index (κ1) is 19.5. The second kappa shape index (κ2) is 8.19. The first-order valence-corrected chi connectivity index (χ1v) is 9.54. The van der Waals surface area contributed by atoms with Gasteiger partial charge in [-0.3, -0.25) is 13.9 Å². The van der Waals surface area contributed by atoms with Crippen LogP contribution in [0.15, 0.2) is 47.3 Å². The van der Waals surface area contributed by atoms with Gasteiger partial charge in [0, 0.05) is 33.1 Å². The number of hydrogen-bond acceptors (Lipinski definition) is 2. The average Bonchev–Trinajstić information content (AvgIpc) is 2.93. The van der Waals surface area contributed by atoms with Gasteiger partial charge in [0.25, 0.3) is 0 Å². The third kappa shape index (κ3) is 4.04. The van der Waals surface area contributed by atoms with Gasteiger partial charge in [-0.25, -0.2) is 4.79 Å². The first-order valence-electron chi connectivity index (χ1n) is 8.78. The van der Waals surface area contributed by atoms with Crippen LogP contribution in [0.4, 0.5) is 0 Å². The minimum Gasteiger partial charge on any atom is -0.341 e. The minimum absolute atomic E-state index is 0.0405. The van der Waals surface area contributed by atoms with E-state index < -0.39 is 0 Å². The highest BCUT2D eigenvalue weighted by Crippen LogP contribution is 2.23. The molecular formula is C20H21Cl2N3O2. The number of nitrogens with zero attached hydrogens (tertiary/aromatic N) is 3. The zero-order valence-electron chi connectivity index (χ0n) is 15.3. The molecule has 27 heavy (non-hydrogen) atoms. The van der Waals surface area contributed by atoms with Crippen molar-refractivity contribution in [2.45, 2.75) is 33.0 Å². The Hall–Kier alpha value is -2.24. The van der Waals surface area contributed by atoms with Gasteiger partial charge >= 0.3 is 5.69 Å². The van der Waals surface area contributed by atoms with Gasteiger partial charge in [0.05, 0.1) is 21.1 Å². The van der Waals surface area contributed by atoms with Crippen molar-refractivity contribution in [2.75, 3.05) is 7.05 Å². The second-order valence-corrected chi connectivity index (χ2v) is 7.23. The molecule has 1 aromatic heterocycles. The van der Waals surface area contributed by atoms with Crippen molar-refractivity contribution in [1.82, 2.24) is 14.0 Å². The van der Waals surface area contributed by atoms with E-state index in [1.807, 2.05) is 37.3 Å². The molecule has 0 aliphatic rings. The fourth-order valence-electron chi connectivity index (χ4n) is 3.19. The smallest absolute Gasteiger partial charge is 0.329 e. The lowest BCUT2D eigenvalue weighted by molar-refractivity contribution is -0.130. The van der Waals surface area contributed by atoms with Crippen molar-refractivity contribution in [3.05, 3.63) is 68.6 Å². The highest BCUT2D eigenvalue weighted by Gasteiger charge is 2.15. The van der Waals surface area contributed by atoms with Crippen molar-refractivity contribution in [2.24, 2.45) is 0 Å². The normalized spacial score (nSPS) is 11.1. The van der Waals surface area contributed by atoms with Crippen LogP contribution in [0.25, 0.3) is 11.0 Å². The number of rotatable bonds is 6. The van der Waals surface area contributed by atoms with Gasteiger partial charge in [-0.15, -0.1) is 0 Å². The molecule has 3 rings (SSSR count). The SMILES string of the molecule is CCn1c(=O)n(CCC(=O)N(C)Cc2ccc(Cl)c(Cl)c2)c2ccccc21. The molecule has 3 aromatic rings. The van der Waals surface area contributed by atoms with Crippen LogP contribution in [0.1, 0.15) is 18.9 Å². The number of carbonyl (C=O) groups excluding carboxylic acids is 1. The van der Waals surface area contributed by atoms with Crippen molar-refractivity contribution >= 4 is 40.1 Å². The van der Waals surface area contributed by atoms with Gasteiger partial charge in [-0.05, 0) is 36.8 Å². The lowest BCUT2D eigenvalue weighted by Crippen LogP contribution is -2.29. The molecule has 0 spiro atoms. The zero-order valence-corrected chi connectivity index (χ0v) is 16.8. The summed E-state index contributed by atoms with van der Waals surface area (Å²) in [5.74, 6) is -0.0405. The topological polar surface area (TPSA) is 47.2 Å². The van der Waals surface area contributed by atoms with Gasteiger partial charge in [0.2, 0.25) is 5.91 Å². The van der Waals surface area contributed by atoms with Crippen molar-refractivity contribution in [3.8, 4) is 0 Å². The Labute approximate surface area is 167 Å². The minimum atomic E-state index is -0.0846. The molecule has 1 amide bonds. The number of fused-ring (bicyclic) bond motifs is 1. The summed E-state index contributed by atoms with van der Waals surface area (Å²) in [7, 11) is 1.74. The molecule has 0 atom stereocenters. The highest BCUT2D eigenvalue weighted by atomic mass is 35.5. The van der Waals surface area contributed by atoms with Gasteiger partial charge in [0.1, 0.15) is 0 Å². The lowest BCUT2D eigenvalue weighted by Gasteiger charge is -2.18. The summed E-state index contributed by atoms with van der Waals surface area (Å²) >= 11 is 12.0. The summed E-state index contributed by atoms with van der Waals surface area (Å²) in [5, 5.41) is 0.954. The average molecular weight is 406 g/mol. The predicted octanol–water partition coefficient (Wildman–Crippen LogP) is 4.18. The van der Waals surface area contributed by atoms with Gasteiger partial charge in [-0.2, -0.15) is 0 Å². The monoisotopic (exact) mass is 405 g/mol. The fraction of sp³-hybridized carbons (Fsp3) is 0.300. The molecule has 2 aromatic carbocycles. The van der Waals surface area contributed by atoms with Gasteiger partial charge in [-0.1, -0.05) is 41.4 Å². The molecule has 5 nitrogen and oxygen atoms in total. The number of imidazole rings is 1. The lowest BCUT2D eigenvalue weighted by atomic mass is 10.2. The second-order valence-electron chi connectivity index (χ2n) is 6.42. The maximum atomic E-state index is 12.6. The number of benzene rings is 2. The summed E-state index contributed by atoms with van der Waals surface area (Å²) in [6, 6.07) is 13.0. The van der Waals surface area contributed by atoms with E-state index in [0.29, 0.717) is 29.7 Å². The molecule has 0 unspecified atom stereocenters. The summed E-state index contributed by atoms with van der Waals surface area (Å²) in [6.45, 7) is 3.31. The number of amides is 1. The maximum Gasteiger partial charge on any atom is 0.329 e. The molecule has 0 saturated carbocycles. The van der Waals surface area contributed by atoms with Crippen LogP contribution in [0.2, 0.25) is 10.0 Å². The Morgan fingerprint density at radius 3 is 2.33 bits per heavy atom. The predicted molar refractivity (Wildman–Crippen MR) is 109 cm³/mol. The summed E-state index contributed by atoms with van der Waals surface area (Å²) in [5.41, 5.74) is 2.56. The third-order valence-electron chi connectivity index (χ3n) is 4.62. The Morgan fingerprint density at radius 1 is 1.04 bits per heavy atom. The summed E-state index contributed by atoms with van der Waals surface area (Å²) < 4.78 is 3.39. The third-order valence-corrected chi connectivity index (χ3v) is 5.36. The molecule has 0 N–H and O–H groups in total. The summed E-state index contributed by atoms with van der Waals surface area (Å²) in [4.78, 5) is 26.8. The number of aromatic nitrogens is 2. The molecule has 0 bridgehead atoms. The van der Waals surface area contributed by atoms with Crippen LogP contribution < -0.4 is 5.69 Å². The van der Waals surface area contributed by atoms with E-state index in [1.165, 1.54) is 0 Å². The zero-order chi connectivity index (χ0) is 19.6. The molecule has 0 radical (unpaired) electrons. The van der Waals surface area contributed by atoms with E-state index in [4.69, 9.17) is 23.2 Å². The van der Waals surface area contributed by atoms with Gasteiger partial charge < -0.3 is 4.90 Å². The summed E-state index contributed by atoms with van der Waals surface area (Å²) in [6.07, 6.45) is 0.245. The molecule has 0 fully saturated rings. The first-order chi connectivity index (χ1) is 12.9. The Balaban J connectivity index is 1.72. The Bertz CT molecular complexity index is 1040. The maximum absolute atomic E-state index is 12.6. The molecule has 0 saturated heterocycles. The van der Waals surface area contributed by atoms with Crippen LogP contribution in [0.3, 0.4) is 0 Å². The van der Waals surface area contributed by atoms with E-state index in [9.17, 15) is 9.59 Å². The molecule has 0 aliphatic carbocycles. The van der Waals surface area contributed by atoms with Crippen LogP contribution in [0, 0.1) is 0 Å². The van der Waals surface area contributed by atoms with Crippen LogP contribution in [-0.2, 0) is 24.4 Å². The number of hydrogen-bond donors (Lipinski definition) is 0. The fourth-order valence-corrected chi connectivity index (χ4v) is 3.51. The number of aryl methyl sites for hydroxylation is 2. The van der Waals surface area contributed by atoms with Crippen LogP contribution >= 0.6 is 23.2 Å². The van der Waals surface area contributed by atoms with E-state index in [0.717, 1.165) is 16.6 Å². The molecule has 7 heteroatoms. The molecule has 1 heterocycles. The van der Waals surface area contributed by atoms with Crippen molar-refractivity contribution in [1.29, 1.82) is 0 Å². The number of carbonyl (C=O) groups is 1.